The minimum absolute atomic E-state index is 0.266. The van der Waals surface area contributed by atoms with Crippen LogP contribution in [0.5, 0.6) is 0 Å². The van der Waals surface area contributed by atoms with Crippen molar-refractivity contribution in [2.45, 2.75) is 52.0 Å². The van der Waals surface area contributed by atoms with Crippen molar-refractivity contribution in [3.63, 3.8) is 0 Å². The summed E-state index contributed by atoms with van der Waals surface area (Å²) in [5.41, 5.74) is 9.20. The summed E-state index contributed by atoms with van der Waals surface area (Å²) in [6.45, 7) is 15.8. The van der Waals surface area contributed by atoms with Crippen molar-refractivity contribution in [1.29, 1.82) is 0 Å². The fourth-order valence-electron chi connectivity index (χ4n) is 3.67. The molecule has 0 saturated heterocycles. The summed E-state index contributed by atoms with van der Waals surface area (Å²) in [6, 6.07) is 16.0. The van der Waals surface area contributed by atoms with Gasteiger partial charge in [-0.3, -0.25) is 9.59 Å². The van der Waals surface area contributed by atoms with Gasteiger partial charge in [0.25, 0.3) is 11.8 Å². The minimum atomic E-state index is -0.459. The Labute approximate surface area is 225 Å². The first kappa shape index (κ1) is 29.9. The van der Waals surface area contributed by atoms with Gasteiger partial charge in [-0.2, -0.15) is 10.2 Å². The monoisotopic (exact) mass is 524 g/mol. The lowest BCUT2D eigenvalue weighted by Gasteiger charge is -2.20. The molecule has 8 nitrogen and oxygen atoms in total. The Hall–Kier alpha value is -3.33. The van der Waals surface area contributed by atoms with Crippen LogP contribution in [0.3, 0.4) is 0 Å². The first-order valence-corrected chi connectivity index (χ1v) is 13.8. The summed E-state index contributed by atoms with van der Waals surface area (Å²) in [5, 5.41) is 7.21. The molecule has 2 amide bonds. The van der Waals surface area contributed by atoms with E-state index in [1.54, 1.807) is 26.3 Å². The van der Waals surface area contributed by atoms with Crippen molar-refractivity contribution in [2.75, 3.05) is 36.0 Å². The summed E-state index contributed by atoms with van der Waals surface area (Å²) >= 11 is 1.25. The van der Waals surface area contributed by atoms with Gasteiger partial charge in [-0.25, -0.2) is 10.9 Å². The topological polar surface area (TPSA) is 89.4 Å². The van der Waals surface area contributed by atoms with Crippen molar-refractivity contribution >= 4 is 47.4 Å². The molecule has 0 bridgehead atoms. The quantitative estimate of drug-likeness (QED) is 0.281. The van der Waals surface area contributed by atoms with Crippen molar-refractivity contribution in [1.82, 2.24) is 10.9 Å². The molecule has 2 aromatic rings. The van der Waals surface area contributed by atoms with Gasteiger partial charge in [-0.05, 0) is 76.9 Å². The average molecular weight is 525 g/mol. The highest BCUT2D eigenvalue weighted by Crippen LogP contribution is 2.18. The molecule has 0 aliphatic carbocycles. The van der Waals surface area contributed by atoms with Gasteiger partial charge in [0.15, 0.2) is 0 Å². The number of nitrogens with zero attached hydrogens (tertiary/aromatic N) is 4. The van der Waals surface area contributed by atoms with Crippen LogP contribution in [-0.4, -0.2) is 60.9 Å². The third-order valence-electron chi connectivity index (χ3n) is 5.97. The van der Waals surface area contributed by atoms with Crippen LogP contribution in [0.15, 0.2) is 58.7 Å². The van der Waals surface area contributed by atoms with E-state index in [1.165, 1.54) is 11.8 Å². The van der Waals surface area contributed by atoms with Crippen LogP contribution in [0.25, 0.3) is 0 Å². The van der Waals surface area contributed by atoms with E-state index in [-0.39, 0.29) is 11.8 Å². The molecule has 0 fully saturated rings. The molecule has 0 aromatic heterocycles. The highest BCUT2D eigenvalue weighted by Gasteiger charge is 2.21. The second-order valence-corrected chi connectivity index (χ2v) is 10.1. The zero-order valence-electron chi connectivity index (χ0n) is 22.8. The van der Waals surface area contributed by atoms with Crippen molar-refractivity contribution in [2.24, 2.45) is 10.2 Å². The number of nitrogens with one attached hydrogen (secondary N) is 2. The van der Waals surface area contributed by atoms with Crippen molar-refractivity contribution in [3.8, 4) is 0 Å². The number of rotatable bonds is 14. The maximum Gasteiger partial charge on any atom is 0.252 e. The van der Waals surface area contributed by atoms with E-state index < -0.39 is 10.5 Å². The van der Waals surface area contributed by atoms with E-state index in [1.807, 2.05) is 48.5 Å². The lowest BCUT2D eigenvalue weighted by molar-refractivity contribution is -0.120. The minimum Gasteiger partial charge on any atom is -0.372 e. The van der Waals surface area contributed by atoms with E-state index in [2.05, 4.69) is 58.5 Å². The normalized spacial score (nSPS) is 12.9. The van der Waals surface area contributed by atoms with E-state index in [4.69, 9.17) is 0 Å². The number of hydrogen-bond acceptors (Lipinski definition) is 7. The van der Waals surface area contributed by atoms with Gasteiger partial charge in [0, 0.05) is 37.6 Å². The summed E-state index contributed by atoms with van der Waals surface area (Å²) in [4.78, 5) is 29.3. The molecule has 2 atom stereocenters. The number of anilines is 2. The maximum absolute atomic E-state index is 12.4. The number of carbonyl (C=O) groups excluding carboxylic acids is 2. The number of thioether (sulfide) groups is 1. The average Bonchev–Trinajstić information content (AvgIpc) is 2.91. The van der Waals surface area contributed by atoms with Crippen LogP contribution >= 0.6 is 11.8 Å². The highest BCUT2D eigenvalue weighted by atomic mass is 32.2. The molecule has 37 heavy (non-hydrogen) atoms. The summed E-state index contributed by atoms with van der Waals surface area (Å²) < 4.78 is 0. The van der Waals surface area contributed by atoms with Crippen LogP contribution in [0.4, 0.5) is 11.4 Å². The third-order valence-corrected chi connectivity index (χ3v) is 7.21. The highest BCUT2D eigenvalue weighted by molar-refractivity contribution is 8.01. The smallest absolute Gasteiger partial charge is 0.252 e. The number of carbonyl (C=O) groups is 2. The predicted octanol–water partition coefficient (Wildman–Crippen LogP) is 4.49. The summed E-state index contributed by atoms with van der Waals surface area (Å²) in [6.07, 6.45) is 3.22. The lowest BCUT2D eigenvalue weighted by Crippen LogP contribution is -2.33. The SMILES string of the molecule is CCN(CC)c1ccc(C=NNC(=O)C(C)SC(C)C(=O)N/N=C/c2ccc(N(CC)CC)cc2)cc1. The van der Waals surface area contributed by atoms with Crippen LogP contribution in [0.1, 0.15) is 52.7 Å². The number of hydrogen-bond donors (Lipinski definition) is 2. The van der Waals surface area contributed by atoms with Gasteiger partial charge in [0.05, 0.1) is 22.9 Å². The molecule has 2 unspecified atom stereocenters. The molecule has 0 saturated carbocycles. The second-order valence-electron chi connectivity index (χ2n) is 8.42. The molecule has 0 aliphatic rings. The van der Waals surface area contributed by atoms with E-state index in [0.717, 1.165) is 48.7 Å². The van der Waals surface area contributed by atoms with E-state index in [0.29, 0.717) is 0 Å². The maximum atomic E-state index is 12.4. The number of benzene rings is 2. The zero-order valence-corrected chi connectivity index (χ0v) is 23.6. The first-order chi connectivity index (χ1) is 17.8. The molecule has 0 aliphatic heterocycles. The molecular weight excluding hydrogens is 484 g/mol. The van der Waals surface area contributed by atoms with E-state index >= 15 is 0 Å². The van der Waals surface area contributed by atoms with Crippen LogP contribution in [0.2, 0.25) is 0 Å². The molecule has 0 radical (unpaired) electrons. The molecule has 2 N–H and O–H groups in total. The number of hydrazone groups is 2. The predicted molar refractivity (Wildman–Crippen MR) is 158 cm³/mol. The van der Waals surface area contributed by atoms with E-state index in [9.17, 15) is 9.59 Å². The Morgan fingerprint density at radius 1 is 0.703 bits per heavy atom. The van der Waals surface area contributed by atoms with Crippen molar-refractivity contribution in [3.05, 3.63) is 59.7 Å². The Kier molecular flexibility index (Phi) is 12.7. The van der Waals surface area contributed by atoms with Crippen LogP contribution in [-0.2, 0) is 9.59 Å². The molecule has 9 heteroatoms. The fourth-order valence-corrected chi connectivity index (χ4v) is 4.64. The number of amides is 2. The van der Waals surface area contributed by atoms with Crippen LogP contribution in [0, 0.1) is 0 Å². The largest absolute Gasteiger partial charge is 0.372 e. The standard InChI is InChI=1S/C28H40N6O2S/c1-7-33(8-2)25-15-11-23(12-16-25)19-29-31-27(35)21(5)37-22(6)28(36)32-30-20-24-13-17-26(18-14-24)34(9-3)10-4/h11-22H,7-10H2,1-6H3,(H,31,35)(H,32,36)/b29-19+,30-20?. The molecule has 2 rings (SSSR count). The van der Waals surface area contributed by atoms with Gasteiger partial charge in [0.1, 0.15) is 0 Å². The first-order valence-electron chi connectivity index (χ1n) is 12.8. The molecule has 0 spiro atoms. The summed E-state index contributed by atoms with van der Waals surface area (Å²) in [5.74, 6) is -0.532. The Bertz CT molecular complexity index is 948. The summed E-state index contributed by atoms with van der Waals surface area (Å²) in [7, 11) is 0. The Morgan fingerprint density at radius 3 is 1.32 bits per heavy atom. The third kappa shape index (κ3) is 9.57. The van der Waals surface area contributed by atoms with Crippen LogP contribution < -0.4 is 20.7 Å². The van der Waals surface area contributed by atoms with Gasteiger partial charge >= 0.3 is 0 Å². The zero-order chi connectivity index (χ0) is 27.2. The molecular formula is C28H40N6O2S. The Balaban J connectivity index is 1.78. The van der Waals surface area contributed by atoms with Gasteiger partial charge in [0.2, 0.25) is 0 Å². The fraction of sp³-hybridized carbons (Fsp3) is 0.429. The van der Waals surface area contributed by atoms with Gasteiger partial charge < -0.3 is 9.80 Å². The van der Waals surface area contributed by atoms with Gasteiger partial charge in [-0.15, -0.1) is 11.8 Å². The second kappa shape index (κ2) is 15.7. The molecule has 0 heterocycles. The molecule has 200 valence electrons. The lowest BCUT2D eigenvalue weighted by atomic mass is 10.2. The molecule has 2 aromatic carbocycles. The van der Waals surface area contributed by atoms with Crippen molar-refractivity contribution < 1.29 is 9.59 Å². The van der Waals surface area contributed by atoms with Gasteiger partial charge in [-0.1, -0.05) is 24.3 Å². The Morgan fingerprint density at radius 2 is 1.03 bits per heavy atom.